The lowest BCUT2D eigenvalue weighted by Crippen LogP contribution is -2.24. The van der Waals surface area contributed by atoms with Gasteiger partial charge in [0.15, 0.2) is 11.6 Å². The smallest absolute Gasteiger partial charge is 0.176 e. The Labute approximate surface area is 140 Å². The molecule has 126 valence electrons. The van der Waals surface area contributed by atoms with Gasteiger partial charge >= 0.3 is 0 Å². The van der Waals surface area contributed by atoms with Crippen LogP contribution < -0.4 is 9.47 Å². The van der Waals surface area contributed by atoms with Crippen LogP contribution in [0.1, 0.15) is 0 Å². The SMILES string of the molecule is COc1cccc(OC[C@@H](O)Cn2ccnc2-c2nccn2C)c1. The number of rotatable bonds is 7. The summed E-state index contributed by atoms with van der Waals surface area (Å²) in [5.74, 6) is 2.83. The minimum Gasteiger partial charge on any atom is -0.497 e. The van der Waals surface area contributed by atoms with Crippen LogP contribution in [0, 0.1) is 0 Å². The average molecular weight is 328 g/mol. The first-order valence-electron chi connectivity index (χ1n) is 7.61. The Morgan fingerprint density at radius 3 is 2.62 bits per heavy atom. The van der Waals surface area contributed by atoms with Crippen molar-refractivity contribution in [2.24, 2.45) is 7.05 Å². The maximum absolute atomic E-state index is 10.3. The van der Waals surface area contributed by atoms with Gasteiger partial charge in [0, 0.05) is 37.9 Å². The van der Waals surface area contributed by atoms with E-state index in [4.69, 9.17) is 9.47 Å². The number of nitrogens with zero attached hydrogens (tertiary/aromatic N) is 4. The van der Waals surface area contributed by atoms with Gasteiger partial charge in [-0.05, 0) is 12.1 Å². The van der Waals surface area contributed by atoms with E-state index in [2.05, 4.69) is 9.97 Å². The fourth-order valence-corrected chi connectivity index (χ4v) is 2.41. The molecule has 0 spiro atoms. The van der Waals surface area contributed by atoms with E-state index in [1.54, 1.807) is 25.6 Å². The fraction of sp³-hybridized carbons (Fsp3) is 0.294. The van der Waals surface area contributed by atoms with Crippen LogP contribution in [0.3, 0.4) is 0 Å². The van der Waals surface area contributed by atoms with Gasteiger partial charge in [0.25, 0.3) is 0 Å². The quantitative estimate of drug-likeness (QED) is 0.715. The highest BCUT2D eigenvalue weighted by molar-refractivity contribution is 5.44. The molecule has 0 aliphatic heterocycles. The molecule has 1 N–H and O–H groups in total. The van der Waals surface area contributed by atoms with Gasteiger partial charge in [0.1, 0.15) is 24.2 Å². The molecule has 0 saturated carbocycles. The Morgan fingerprint density at radius 2 is 1.88 bits per heavy atom. The third-order valence-electron chi connectivity index (χ3n) is 3.63. The van der Waals surface area contributed by atoms with Gasteiger partial charge in [-0.1, -0.05) is 6.07 Å². The molecule has 1 aromatic carbocycles. The number of methoxy groups -OCH3 is 1. The second-order valence-electron chi connectivity index (χ2n) is 5.41. The number of hydrogen-bond acceptors (Lipinski definition) is 5. The summed E-state index contributed by atoms with van der Waals surface area (Å²) in [6.07, 6.45) is 6.41. The van der Waals surface area contributed by atoms with Gasteiger partial charge < -0.3 is 23.7 Å². The number of ether oxygens (including phenoxy) is 2. The van der Waals surface area contributed by atoms with Crippen molar-refractivity contribution in [3.05, 3.63) is 49.1 Å². The van der Waals surface area contributed by atoms with E-state index in [0.717, 1.165) is 5.82 Å². The van der Waals surface area contributed by atoms with Gasteiger partial charge in [-0.3, -0.25) is 0 Å². The normalized spacial score (nSPS) is 12.1. The molecule has 0 amide bonds. The maximum atomic E-state index is 10.3. The number of aliphatic hydroxyl groups excluding tert-OH is 1. The van der Waals surface area contributed by atoms with Crippen molar-refractivity contribution >= 4 is 0 Å². The third-order valence-corrected chi connectivity index (χ3v) is 3.63. The monoisotopic (exact) mass is 328 g/mol. The van der Waals surface area contributed by atoms with E-state index >= 15 is 0 Å². The minimum atomic E-state index is -0.676. The van der Waals surface area contributed by atoms with Crippen molar-refractivity contribution in [3.8, 4) is 23.1 Å². The first-order chi connectivity index (χ1) is 11.7. The molecule has 0 saturated heterocycles. The molecule has 1 atom stereocenters. The number of imidazole rings is 2. The van der Waals surface area contributed by atoms with Crippen molar-refractivity contribution in [1.82, 2.24) is 19.1 Å². The molecule has 7 heteroatoms. The van der Waals surface area contributed by atoms with Crippen LogP contribution in [-0.4, -0.2) is 44.0 Å². The molecule has 3 rings (SSSR count). The molecule has 24 heavy (non-hydrogen) atoms. The molecule has 0 bridgehead atoms. The molecule has 0 fully saturated rings. The van der Waals surface area contributed by atoms with Crippen LogP contribution in [0.15, 0.2) is 49.1 Å². The average Bonchev–Trinajstić information content (AvgIpc) is 3.21. The molecule has 0 aliphatic rings. The zero-order valence-electron chi connectivity index (χ0n) is 13.7. The zero-order valence-corrected chi connectivity index (χ0v) is 13.7. The summed E-state index contributed by atoms with van der Waals surface area (Å²) >= 11 is 0. The van der Waals surface area contributed by atoms with E-state index in [0.29, 0.717) is 23.9 Å². The Kier molecular flexibility index (Phi) is 4.81. The molecule has 2 aromatic heterocycles. The summed E-state index contributed by atoms with van der Waals surface area (Å²) in [4.78, 5) is 8.62. The summed E-state index contributed by atoms with van der Waals surface area (Å²) in [5, 5.41) is 10.3. The van der Waals surface area contributed by atoms with Gasteiger partial charge in [0.05, 0.1) is 13.7 Å². The molecule has 0 radical (unpaired) electrons. The predicted octanol–water partition coefficient (Wildman–Crippen LogP) is 1.73. The summed E-state index contributed by atoms with van der Waals surface area (Å²) in [5.41, 5.74) is 0. The lowest BCUT2D eigenvalue weighted by Gasteiger charge is -2.15. The molecule has 7 nitrogen and oxygen atoms in total. The maximum Gasteiger partial charge on any atom is 0.176 e. The zero-order chi connectivity index (χ0) is 16.9. The summed E-state index contributed by atoms with van der Waals surface area (Å²) in [6.45, 7) is 0.539. The Bertz CT molecular complexity index is 796. The topological polar surface area (TPSA) is 74.3 Å². The lowest BCUT2D eigenvalue weighted by atomic mass is 10.3. The van der Waals surface area contributed by atoms with Crippen LogP contribution in [0.2, 0.25) is 0 Å². The highest BCUT2D eigenvalue weighted by Gasteiger charge is 2.14. The van der Waals surface area contributed by atoms with Gasteiger partial charge in [-0.25, -0.2) is 9.97 Å². The number of aliphatic hydroxyl groups is 1. The fourth-order valence-electron chi connectivity index (χ4n) is 2.41. The van der Waals surface area contributed by atoms with Crippen molar-refractivity contribution in [3.63, 3.8) is 0 Å². The van der Waals surface area contributed by atoms with Crippen LogP contribution >= 0.6 is 0 Å². The lowest BCUT2D eigenvalue weighted by molar-refractivity contribution is 0.0927. The van der Waals surface area contributed by atoms with Crippen LogP contribution in [-0.2, 0) is 13.6 Å². The van der Waals surface area contributed by atoms with Gasteiger partial charge in [-0.2, -0.15) is 0 Å². The van der Waals surface area contributed by atoms with E-state index < -0.39 is 6.10 Å². The molecule has 3 aromatic rings. The number of aromatic nitrogens is 4. The van der Waals surface area contributed by atoms with Gasteiger partial charge in [0.2, 0.25) is 0 Å². The molecule has 0 aliphatic carbocycles. The second kappa shape index (κ2) is 7.18. The van der Waals surface area contributed by atoms with Crippen LogP contribution in [0.4, 0.5) is 0 Å². The Morgan fingerprint density at radius 1 is 1.12 bits per heavy atom. The van der Waals surface area contributed by atoms with E-state index in [9.17, 15) is 5.11 Å². The van der Waals surface area contributed by atoms with Crippen molar-refractivity contribution in [2.45, 2.75) is 12.6 Å². The van der Waals surface area contributed by atoms with E-state index in [1.165, 1.54) is 0 Å². The first kappa shape index (κ1) is 16.1. The molecule has 0 unspecified atom stereocenters. The van der Waals surface area contributed by atoms with Crippen molar-refractivity contribution in [1.29, 1.82) is 0 Å². The molecular formula is C17H20N4O3. The largest absolute Gasteiger partial charge is 0.497 e. The summed E-state index contributed by atoms with van der Waals surface area (Å²) in [6, 6.07) is 7.29. The number of benzene rings is 1. The number of hydrogen-bond donors (Lipinski definition) is 1. The van der Waals surface area contributed by atoms with Crippen molar-refractivity contribution in [2.75, 3.05) is 13.7 Å². The second-order valence-corrected chi connectivity index (χ2v) is 5.41. The number of aryl methyl sites for hydroxylation is 1. The Balaban J connectivity index is 1.62. The predicted molar refractivity (Wildman–Crippen MR) is 88.9 cm³/mol. The van der Waals surface area contributed by atoms with Crippen molar-refractivity contribution < 1.29 is 14.6 Å². The first-order valence-corrected chi connectivity index (χ1v) is 7.61. The summed E-state index contributed by atoms with van der Waals surface area (Å²) in [7, 11) is 3.51. The third kappa shape index (κ3) is 3.57. The van der Waals surface area contributed by atoms with Crippen LogP contribution in [0.5, 0.6) is 11.5 Å². The molecule has 2 heterocycles. The minimum absolute atomic E-state index is 0.172. The standard InChI is InChI=1S/C17H20N4O3/c1-20-8-6-18-16(20)17-19-7-9-21(17)11-13(22)12-24-15-5-3-4-14(10-15)23-2/h3-10,13,22H,11-12H2,1-2H3/t13-/m0/s1. The van der Waals surface area contributed by atoms with E-state index in [1.807, 2.05) is 46.8 Å². The molecular weight excluding hydrogens is 308 g/mol. The summed E-state index contributed by atoms with van der Waals surface area (Å²) < 4.78 is 14.5. The Hall–Kier alpha value is -2.80. The highest BCUT2D eigenvalue weighted by Crippen LogP contribution is 2.19. The van der Waals surface area contributed by atoms with E-state index in [-0.39, 0.29) is 6.61 Å². The highest BCUT2D eigenvalue weighted by atomic mass is 16.5. The van der Waals surface area contributed by atoms with Crippen LogP contribution in [0.25, 0.3) is 11.6 Å². The van der Waals surface area contributed by atoms with Gasteiger partial charge in [-0.15, -0.1) is 0 Å².